The van der Waals surface area contributed by atoms with Crippen LogP contribution in [0.25, 0.3) is 0 Å². The van der Waals surface area contributed by atoms with E-state index >= 15 is 0 Å². The van der Waals surface area contributed by atoms with Crippen molar-refractivity contribution >= 4 is 5.91 Å². The van der Waals surface area contributed by atoms with Gasteiger partial charge in [-0.25, -0.2) is 4.98 Å². The number of alkyl halides is 3. The third kappa shape index (κ3) is 3.97. The molecule has 0 fully saturated rings. The molecule has 6 nitrogen and oxygen atoms in total. The zero-order chi connectivity index (χ0) is 14.6. The van der Waals surface area contributed by atoms with E-state index in [1.807, 2.05) is 0 Å². The Morgan fingerprint density at radius 1 is 1.30 bits per heavy atom. The van der Waals surface area contributed by atoms with Crippen LogP contribution < -0.4 is 10.1 Å². The van der Waals surface area contributed by atoms with Crippen LogP contribution in [-0.4, -0.2) is 27.5 Å². The molecule has 0 spiro atoms. The second-order valence-electron chi connectivity index (χ2n) is 3.69. The maximum absolute atomic E-state index is 12.0. The van der Waals surface area contributed by atoms with E-state index in [0.717, 1.165) is 12.1 Å². The molecule has 2 aromatic rings. The summed E-state index contributed by atoms with van der Waals surface area (Å²) in [7, 11) is 0. The molecule has 2 rings (SSSR count). The number of H-pyrrole nitrogens is 1. The van der Waals surface area contributed by atoms with Crippen molar-refractivity contribution in [1.29, 1.82) is 0 Å². The number of rotatable bonds is 4. The highest BCUT2D eigenvalue weighted by Crippen LogP contribution is 2.22. The summed E-state index contributed by atoms with van der Waals surface area (Å²) in [6, 6.07) is 4.60. The lowest BCUT2D eigenvalue weighted by atomic mass is 10.2. The maximum atomic E-state index is 12.0. The number of hydrogen-bond acceptors (Lipinski definition) is 4. The molecular formula is C11H9F3N4O2. The van der Waals surface area contributed by atoms with Gasteiger partial charge in [0.1, 0.15) is 17.9 Å². The van der Waals surface area contributed by atoms with Crippen LogP contribution >= 0.6 is 0 Å². The smallest absolute Gasteiger partial charge is 0.406 e. The van der Waals surface area contributed by atoms with Gasteiger partial charge in [-0.1, -0.05) is 0 Å². The van der Waals surface area contributed by atoms with E-state index < -0.39 is 12.3 Å². The second kappa shape index (κ2) is 5.59. The number of amides is 1. The van der Waals surface area contributed by atoms with Crippen LogP contribution in [0, 0.1) is 0 Å². The first-order valence-corrected chi connectivity index (χ1v) is 5.42. The highest BCUT2D eigenvalue weighted by atomic mass is 19.4. The van der Waals surface area contributed by atoms with Gasteiger partial charge in [0.15, 0.2) is 0 Å². The lowest BCUT2D eigenvalue weighted by Gasteiger charge is -2.09. The van der Waals surface area contributed by atoms with E-state index in [-0.39, 0.29) is 17.9 Å². The highest BCUT2D eigenvalue weighted by molar-refractivity contribution is 5.94. The van der Waals surface area contributed by atoms with Gasteiger partial charge in [0.05, 0.1) is 6.54 Å². The van der Waals surface area contributed by atoms with Crippen LogP contribution in [0.3, 0.4) is 0 Å². The van der Waals surface area contributed by atoms with E-state index in [9.17, 15) is 18.0 Å². The Balaban J connectivity index is 1.93. The number of nitrogens with one attached hydrogen (secondary N) is 2. The number of halogens is 3. The van der Waals surface area contributed by atoms with Crippen molar-refractivity contribution in [2.45, 2.75) is 12.9 Å². The zero-order valence-electron chi connectivity index (χ0n) is 9.94. The molecule has 0 atom stereocenters. The van der Waals surface area contributed by atoms with Crippen molar-refractivity contribution in [2.75, 3.05) is 0 Å². The van der Waals surface area contributed by atoms with Gasteiger partial charge < -0.3 is 10.1 Å². The molecule has 9 heteroatoms. The lowest BCUT2D eigenvalue weighted by Crippen LogP contribution is -2.23. The lowest BCUT2D eigenvalue weighted by molar-refractivity contribution is -0.274. The molecular weight excluding hydrogens is 277 g/mol. The largest absolute Gasteiger partial charge is 0.573 e. The molecule has 0 aliphatic heterocycles. The quantitative estimate of drug-likeness (QED) is 0.895. The molecule has 20 heavy (non-hydrogen) atoms. The van der Waals surface area contributed by atoms with Gasteiger partial charge in [0.25, 0.3) is 5.91 Å². The Morgan fingerprint density at radius 3 is 2.55 bits per heavy atom. The predicted octanol–water partition coefficient (Wildman–Crippen LogP) is 1.63. The second-order valence-corrected chi connectivity index (χ2v) is 3.69. The Hall–Kier alpha value is -2.58. The van der Waals surface area contributed by atoms with Crippen LogP contribution in [0.4, 0.5) is 13.2 Å². The fourth-order valence-corrected chi connectivity index (χ4v) is 1.39. The summed E-state index contributed by atoms with van der Waals surface area (Å²) >= 11 is 0. The minimum Gasteiger partial charge on any atom is -0.406 e. The summed E-state index contributed by atoms with van der Waals surface area (Å²) < 4.78 is 39.6. The molecule has 1 aromatic heterocycles. The predicted molar refractivity (Wildman–Crippen MR) is 60.7 cm³/mol. The van der Waals surface area contributed by atoms with Crippen LogP contribution in [0.15, 0.2) is 30.6 Å². The number of ether oxygens (including phenoxy) is 1. The van der Waals surface area contributed by atoms with Crippen LogP contribution in [-0.2, 0) is 6.54 Å². The van der Waals surface area contributed by atoms with Crippen molar-refractivity contribution in [3.05, 3.63) is 42.0 Å². The highest BCUT2D eigenvalue weighted by Gasteiger charge is 2.31. The van der Waals surface area contributed by atoms with Gasteiger partial charge in [-0.05, 0) is 24.3 Å². The first-order valence-electron chi connectivity index (χ1n) is 5.42. The van der Waals surface area contributed by atoms with Gasteiger partial charge in [-0.15, -0.1) is 13.2 Å². The molecule has 0 aliphatic carbocycles. The third-order valence-corrected chi connectivity index (χ3v) is 2.23. The Kier molecular flexibility index (Phi) is 3.87. The van der Waals surface area contributed by atoms with E-state index in [2.05, 4.69) is 25.2 Å². The Bertz CT molecular complexity index is 566. The summed E-state index contributed by atoms with van der Waals surface area (Å²) in [5.41, 5.74) is 0.207. The molecule has 1 heterocycles. The number of aromatic nitrogens is 3. The summed E-state index contributed by atoms with van der Waals surface area (Å²) in [6.45, 7) is 0.139. The number of carbonyl (C=O) groups excluding carboxylic acids is 1. The average Bonchev–Trinajstić information content (AvgIpc) is 2.88. The SMILES string of the molecule is O=C(NCc1ncn[nH]1)c1ccc(OC(F)(F)F)cc1. The maximum Gasteiger partial charge on any atom is 0.573 e. The summed E-state index contributed by atoms with van der Waals surface area (Å²) in [5, 5.41) is 8.70. The van der Waals surface area contributed by atoms with Crippen LogP contribution in [0.1, 0.15) is 16.2 Å². The summed E-state index contributed by atoms with van der Waals surface area (Å²) in [6.07, 6.45) is -3.46. The van der Waals surface area contributed by atoms with Gasteiger partial charge >= 0.3 is 6.36 Å². The van der Waals surface area contributed by atoms with Crippen molar-refractivity contribution in [1.82, 2.24) is 20.5 Å². The fraction of sp³-hybridized carbons (Fsp3) is 0.182. The number of hydrogen-bond donors (Lipinski definition) is 2. The Morgan fingerprint density at radius 2 is 2.00 bits per heavy atom. The monoisotopic (exact) mass is 286 g/mol. The normalized spacial score (nSPS) is 11.2. The number of benzene rings is 1. The molecule has 0 bridgehead atoms. The van der Waals surface area contributed by atoms with E-state index in [1.54, 1.807) is 0 Å². The molecule has 0 radical (unpaired) electrons. The molecule has 1 aromatic carbocycles. The molecule has 0 saturated heterocycles. The summed E-state index contributed by atoms with van der Waals surface area (Å²) in [4.78, 5) is 15.5. The molecule has 0 saturated carbocycles. The average molecular weight is 286 g/mol. The van der Waals surface area contributed by atoms with Crippen molar-refractivity contribution < 1.29 is 22.7 Å². The van der Waals surface area contributed by atoms with Crippen molar-refractivity contribution in [3.8, 4) is 5.75 Å². The first kappa shape index (κ1) is 13.8. The standard InChI is InChI=1S/C11H9F3N4O2/c12-11(13,14)20-8-3-1-7(2-4-8)10(19)15-5-9-16-6-17-18-9/h1-4,6H,5H2,(H,15,19)(H,16,17,18). The number of carbonyl (C=O) groups is 1. The number of nitrogens with zero attached hydrogens (tertiary/aromatic N) is 2. The van der Waals surface area contributed by atoms with E-state index in [1.165, 1.54) is 18.5 Å². The fourth-order valence-electron chi connectivity index (χ4n) is 1.39. The molecule has 2 N–H and O–H groups in total. The van der Waals surface area contributed by atoms with Crippen molar-refractivity contribution in [3.63, 3.8) is 0 Å². The van der Waals surface area contributed by atoms with Crippen LogP contribution in [0.5, 0.6) is 5.75 Å². The molecule has 0 unspecified atom stereocenters. The van der Waals surface area contributed by atoms with Gasteiger partial charge in [-0.2, -0.15) is 5.10 Å². The van der Waals surface area contributed by atoms with E-state index in [4.69, 9.17) is 0 Å². The van der Waals surface area contributed by atoms with E-state index in [0.29, 0.717) is 5.82 Å². The molecule has 0 aliphatic rings. The number of aromatic amines is 1. The topological polar surface area (TPSA) is 79.9 Å². The van der Waals surface area contributed by atoms with Gasteiger partial charge in [0.2, 0.25) is 0 Å². The zero-order valence-corrected chi connectivity index (χ0v) is 9.94. The Labute approximate surface area is 111 Å². The summed E-state index contributed by atoms with van der Waals surface area (Å²) in [5.74, 6) is -0.361. The first-order chi connectivity index (χ1) is 9.44. The molecule has 1 amide bonds. The van der Waals surface area contributed by atoms with Crippen LogP contribution in [0.2, 0.25) is 0 Å². The third-order valence-electron chi connectivity index (χ3n) is 2.23. The van der Waals surface area contributed by atoms with Gasteiger partial charge in [-0.3, -0.25) is 9.89 Å². The minimum absolute atomic E-state index is 0.139. The molecule has 106 valence electrons. The van der Waals surface area contributed by atoms with Gasteiger partial charge in [0, 0.05) is 5.56 Å². The minimum atomic E-state index is -4.75. The van der Waals surface area contributed by atoms with Crippen molar-refractivity contribution in [2.24, 2.45) is 0 Å².